The molecule has 0 bridgehead atoms. The van der Waals surface area contributed by atoms with Gasteiger partial charge in [0.15, 0.2) is 5.69 Å². The van der Waals surface area contributed by atoms with Crippen molar-refractivity contribution >= 4 is 10.9 Å². The van der Waals surface area contributed by atoms with E-state index in [-0.39, 0.29) is 0 Å². The van der Waals surface area contributed by atoms with Gasteiger partial charge in [0.25, 0.3) is 0 Å². The van der Waals surface area contributed by atoms with E-state index in [1.807, 2.05) is 12.3 Å². The summed E-state index contributed by atoms with van der Waals surface area (Å²) in [5, 5.41) is 1.17. The van der Waals surface area contributed by atoms with Crippen LogP contribution in [-0.2, 0) is 6.54 Å². The topological polar surface area (TPSA) is 21.7 Å². The van der Waals surface area contributed by atoms with E-state index in [1.165, 1.54) is 5.39 Å². The Balaban J connectivity index is 2.12. The lowest BCUT2D eigenvalue weighted by molar-refractivity contribution is -0.696. The Morgan fingerprint density at radius 1 is 1.22 bits per heavy atom. The Morgan fingerprint density at radius 3 is 3.00 bits per heavy atom. The largest absolute Gasteiger partial charge is 0.252 e. The molecule has 3 aromatic rings. The van der Waals surface area contributed by atoms with Gasteiger partial charge in [0, 0.05) is 11.6 Å². The van der Waals surface area contributed by atoms with Crippen LogP contribution in [-0.4, -0.2) is 9.55 Å². The van der Waals surface area contributed by atoms with Gasteiger partial charge in [-0.15, -0.1) is 0 Å². The highest BCUT2D eigenvalue weighted by Gasteiger charge is 2.10. The summed E-state index contributed by atoms with van der Waals surface area (Å²) in [4.78, 5) is 4.48. The number of imidazole rings is 1. The van der Waals surface area contributed by atoms with Crippen molar-refractivity contribution in [2.24, 2.45) is 0 Å². The minimum Gasteiger partial charge on any atom is -0.252 e. The normalized spacial score (nSPS) is 10.9. The summed E-state index contributed by atoms with van der Waals surface area (Å²) in [7, 11) is 0. The Bertz CT molecular complexity index is 665. The van der Waals surface area contributed by atoms with Crippen molar-refractivity contribution < 1.29 is 4.57 Å². The van der Waals surface area contributed by atoms with Crippen molar-refractivity contribution in [3.05, 3.63) is 55.2 Å². The highest BCUT2D eigenvalue weighted by molar-refractivity contribution is 5.86. The lowest BCUT2D eigenvalue weighted by Gasteiger charge is -2.00. The first kappa shape index (κ1) is 11.0. The van der Waals surface area contributed by atoms with Crippen molar-refractivity contribution in [1.29, 1.82) is 0 Å². The first-order chi connectivity index (χ1) is 8.88. The Morgan fingerprint density at radius 2 is 2.11 bits per heavy atom. The second-order valence-electron chi connectivity index (χ2n) is 4.41. The van der Waals surface area contributed by atoms with E-state index >= 15 is 0 Å². The summed E-state index contributed by atoms with van der Waals surface area (Å²) in [6, 6.07) is 10.3. The Hall–Kier alpha value is -2.16. The molecule has 0 radical (unpaired) electrons. The number of benzene rings is 1. The molecule has 3 rings (SSSR count). The number of aryl methyl sites for hydroxylation is 1. The number of pyridine rings is 1. The predicted molar refractivity (Wildman–Crippen MR) is 71.6 cm³/mol. The molecule has 0 saturated carbocycles. The van der Waals surface area contributed by atoms with Crippen LogP contribution < -0.4 is 4.57 Å². The summed E-state index contributed by atoms with van der Waals surface area (Å²) in [6.07, 6.45) is 9.29. The van der Waals surface area contributed by atoms with E-state index in [1.54, 1.807) is 0 Å². The van der Waals surface area contributed by atoms with Crippen molar-refractivity contribution in [1.82, 2.24) is 9.55 Å². The van der Waals surface area contributed by atoms with E-state index in [4.69, 9.17) is 0 Å². The van der Waals surface area contributed by atoms with Crippen LogP contribution in [0.5, 0.6) is 0 Å². The Kier molecular flexibility index (Phi) is 2.81. The predicted octanol–water partition coefficient (Wildman–Crippen LogP) is 2.72. The lowest BCUT2D eigenvalue weighted by Crippen LogP contribution is -2.30. The zero-order valence-electron chi connectivity index (χ0n) is 10.5. The third-order valence-electron chi connectivity index (χ3n) is 3.06. The number of fused-ring (bicyclic) bond motifs is 1. The molecule has 0 spiro atoms. The van der Waals surface area contributed by atoms with Gasteiger partial charge in [-0.05, 0) is 18.6 Å². The summed E-state index contributed by atoms with van der Waals surface area (Å²) in [5.41, 5.74) is 2.17. The number of nitrogens with zero attached hydrogens (tertiary/aromatic N) is 3. The molecule has 2 aromatic heterocycles. The zero-order chi connectivity index (χ0) is 12.4. The summed E-state index contributed by atoms with van der Waals surface area (Å²) in [6.45, 7) is 3.23. The Labute approximate surface area is 106 Å². The van der Waals surface area contributed by atoms with Crippen LogP contribution in [0.2, 0.25) is 0 Å². The molecule has 0 atom stereocenters. The standard InChI is InChI=1S/C15H16N3/c1-2-9-17-10-11-18(12-17)14-7-3-5-13-6-4-8-16-15(13)14/h3-8,10-12H,2,9H2,1H3/q+1. The summed E-state index contributed by atoms with van der Waals surface area (Å²) in [5.74, 6) is 0. The van der Waals surface area contributed by atoms with Crippen LogP contribution in [0, 0.1) is 0 Å². The van der Waals surface area contributed by atoms with Crippen LogP contribution in [0.1, 0.15) is 13.3 Å². The third-order valence-corrected chi connectivity index (χ3v) is 3.06. The molecule has 3 nitrogen and oxygen atoms in total. The molecule has 0 saturated heterocycles. The highest BCUT2D eigenvalue weighted by atomic mass is 15.1. The van der Waals surface area contributed by atoms with Gasteiger partial charge in [-0.2, -0.15) is 0 Å². The minimum absolute atomic E-state index is 1.04. The molecule has 90 valence electrons. The zero-order valence-corrected chi connectivity index (χ0v) is 10.5. The number of hydrogen-bond donors (Lipinski definition) is 0. The average molecular weight is 238 g/mol. The second-order valence-corrected chi connectivity index (χ2v) is 4.41. The minimum atomic E-state index is 1.04. The lowest BCUT2D eigenvalue weighted by atomic mass is 10.2. The van der Waals surface area contributed by atoms with Gasteiger partial charge in [-0.1, -0.05) is 25.1 Å². The second kappa shape index (κ2) is 4.61. The van der Waals surface area contributed by atoms with Gasteiger partial charge in [0.05, 0.1) is 6.54 Å². The van der Waals surface area contributed by atoms with E-state index < -0.39 is 0 Å². The molecule has 2 heterocycles. The van der Waals surface area contributed by atoms with Gasteiger partial charge < -0.3 is 0 Å². The third kappa shape index (κ3) is 1.88. The van der Waals surface area contributed by atoms with Crippen LogP contribution in [0.4, 0.5) is 0 Å². The van der Waals surface area contributed by atoms with Gasteiger partial charge in [-0.25, -0.2) is 9.13 Å². The number of rotatable bonds is 3. The van der Waals surface area contributed by atoms with Crippen LogP contribution in [0.15, 0.2) is 55.2 Å². The molecule has 0 aliphatic carbocycles. The molecule has 1 aromatic carbocycles. The molecule has 0 unspecified atom stereocenters. The maximum atomic E-state index is 4.48. The number of hydrogen-bond acceptors (Lipinski definition) is 1. The van der Waals surface area contributed by atoms with Crippen LogP contribution in [0.3, 0.4) is 0 Å². The molecule has 3 heteroatoms. The first-order valence-corrected chi connectivity index (χ1v) is 6.29. The fourth-order valence-electron chi connectivity index (χ4n) is 2.22. The number of aromatic nitrogens is 3. The van der Waals surface area contributed by atoms with E-state index in [9.17, 15) is 0 Å². The highest BCUT2D eigenvalue weighted by Crippen LogP contribution is 2.19. The quantitative estimate of drug-likeness (QED) is 0.643. The summed E-state index contributed by atoms with van der Waals surface area (Å²) >= 11 is 0. The maximum Gasteiger partial charge on any atom is 0.249 e. The molecule has 0 fully saturated rings. The molecular formula is C15H16N3+. The van der Waals surface area contributed by atoms with Crippen molar-refractivity contribution in [2.45, 2.75) is 19.9 Å². The van der Waals surface area contributed by atoms with E-state index in [0.717, 1.165) is 24.2 Å². The van der Waals surface area contributed by atoms with Crippen molar-refractivity contribution in [2.75, 3.05) is 0 Å². The average Bonchev–Trinajstić information content (AvgIpc) is 2.87. The molecular weight excluding hydrogens is 222 g/mol. The fraction of sp³-hybridized carbons (Fsp3) is 0.200. The maximum absolute atomic E-state index is 4.48. The van der Waals surface area contributed by atoms with E-state index in [0.29, 0.717) is 0 Å². The first-order valence-electron chi connectivity index (χ1n) is 6.29. The molecule has 18 heavy (non-hydrogen) atoms. The van der Waals surface area contributed by atoms with Gasteiger partial charge in [0.2, 0.25) is 6.33 Å². The van der Waals surface area contributed by atoms with Crippen LogP contribution >= 0.6 is 0 Å². The van der Waals surface area contributed by atoms with Gasteiger partial charge in [0.1, 0.15) is 17.9 Å². The van der Waals surface area contributed by atoms with Crippen molar-refractivity contribution in [3.63, 3.8) is 0 Å². The smallest absolute Gasteiger partial charge is 0.249 e. The summed E-state index contributed by atoms with van der Waals surface area (Å²) < 4.78 is 4.33. The van der Waals surface area contributed by atoms with E-state index in [2.05, 4.69) is 64.0 Å². The molecule has 0 N–H and O–H groups in total. The molecule has 0 aliphatic rings. The fourth-order valence-corrected chi connectivity index (χ4v) is 2.22. The van der Waals surface area contributed by atoms with Gasteiger partial charge >= 0.3 is 0 Å². The van der Waals surface area contributed by atoms with Crippen LogP contribution in [0.25, 0.3) is 16.6 Å². The number of para-hydroxylation sites is 1. The SMILES string of the molecule is CCC[n+]1ccn(-c2cccc3cccnc23)c1. The monoisotopic (exact) mass is 238 g/mol. The molecule has 0 aliphatic heterocycles. The molecule has 0 amide bonds. The van der Waals surface area contributed by atoms with Crippen molar-refractivity contribution in [3.8, 4) is 5.69 Å². The van der Waals surface area contributed by atoms with Gasteiger partial charge in [-0.3, -0.25) is 4.98 Å².